The molecule has 0 fully saturated rings. The van der Waals surface area contributed by atoms with Crippen molar-refractivity contribution >= 4 is 39.7 Å². The van der Waals surface area contributed by atoms with Gasteiger partial charge in [-0.1, -0.05) is 145 Å². The van der Waals surface area contributed by atoms with E-state index in [0.717, 1.165) is 68.3 Å². The van der Waals surface area contributed by atoms with Crippen LogP contribution in [0.5, 0.6) is 23.0 Å². The average molecular weight is 937 g/mol. The molecular weight excluding hydrogens is 894 g/mol. The van der Waals surface area contributed by atoms with E-state index in [1.807, 2.05) is 152 Å². The van der Waals surface area contributed by atoms with Crippen LogP contribution in [0.25, 0.3) is 22.3 Å². The Hall–Kier alpha value is -6.66. The van der Waals surface area contributed by atoms with E-state index in [1.165, 1.54) is 0 Å². The number of carbonyl (C=O) groups is 1. The molecule has 7 aromatic rings. The highest BCUT2D eigenvalue weighted by Crippen LogP contribution is 2.67. The molecule has 4 aliphatic heterocycles. The molecule has 332 valence electrons. The fraction of sp³-hybridized carbons (Fsp3) is 0.145. The number of rotatable bonds is 8. The Balaban J connectivity index is 0.000000351. The first kappa shape index (κ1) is 44.2. The maximum Gasteiger partial charge on any atom is 0.299 e. The second kappa shape index (κ2) is 19.3. The molecule has 0 N–H and O–H groups in total. The summed E-state index contributed by atoms with van der Waals surface area (Å²) >= 11 is 0. The van der Waals surface area contributed by atoms with E-state index in [9.17, 15) is 4.79 Å². The predicted molar refractivity (Wildman–Crippen MR) is 264 cm³/mol. The predicted octanol–water partition coefficient (Wildman–Crippen LogP) is 12.1. The average Bonchev–Trinajstić information content (AvgIpc) is 3.38. The lowest BCUT2D eigenvalue weighted by atomic mass is 10.0. The first-order valence-electron chi connectivity index (χ1n) is 22.0. The molecule has 7 aromatic carbocycles. The van der Waals surface area contributed by atoms with Crippen molar-refractivity contribution in [2.45, 2.75) is 24.4 Å². The first-order valence-corrected chi connectivity index (χ1v) is 26.3. The molecule has 0 saturated heterocycles. The Labute approximate surface area is 392 Å². The lowest BCUT2D eigenvalue weighted by Gasteiger charge is -2.43. The summed E-state index contributed by atoms with van der Waals surface area (Å²) in [6, 6.07) is 56.0. The molecule has 0 bridgehead atoms. The van der Waals surface area contributed by atoms with Crippen molar-refractivity contribution in [3.05, 3.63) is 199 Å². The highest BCUT2D eigenvalue weighted by Gasteiger charge is 2.51. The maximum atomic E-state index is 15.6. The number of hydrogen-bond acceptors (Lipinski definition) is 9. The van der Waals surface area contributed by atoms with Crippen LogP contribution in [0.15, 0.2) is 176 Å². The SMILES string of the molecule is O=P1(C2c3ccccc3OCN2CCCCN2COc3ccccc3C2P2(=O)Oc3ccccc3-c3ccccc32)Oc2ccccc2-c2ccccc21.[C-]#C[P-]C#CC(=O)c1ccccc1. The summed E-state index contributed by atoms with van der Waals surface area (Å²) in [5, 5.41) is 1.45. The largest absolute Gasteiger partial charge is 0.730 e. The van der Waals surface area contributed by atoms with E-state index in [2.05, 4.69) is 27.0 Å². The van der Waals surface area contributed by atoms with Crippen LogP contribution in [0, 0.1) is 23.7 Å². The molecule has 4 unspecified atom stereocenters. The summed E-state index contributed by atoms with van der Waals surface area (Å²) in [5.41, 5.74) is 10.6. The van der Waals surface area contributed by atoms with Crippen LogP contribution in [0.3, 0.4) is 0 Å². The van der Waals surface area contributed by atoms with E-state index in [0.29, 0.717) is 38.7 Å². The Morgan fingerprint density at radius 2 is 0.940 bits per heavy atom. The van der Waals surface area contributed by atoms with E-state index >= 15 is 9.13 Å². The van der Waals surface area contributed by atoms with Crippen molar-refractivity contribution in [1.82, 2.24) is 9.80 Å². The summed E-state index contributed by atoms with van der Waals surface area (Å²) in [6.07, 6.45) is 8.09. The van der Waals surface area contributed by atoms with Gasteiger partial charge in [-0.3, -0.25) is 29.4 Å². The molecular formula is C55H43N2O7P3-2. The second-order valence-corrected chi connectivity index (χ2v) is 21.6. The Morgan fingerprint density at radius 3 is 1.42 bits per heavy atom. The molecule has 0 amide bonds. The van der Waals surface area contributed by atoms with Crippen molar-refractivity contribution in [1.29, 1.82) is 0 Å². The topological polar surface area (TPSA) is 94.6 Å². The van der Waals surface area contributed by atoms with Gasteiger partial charge in [-0.15, -0.1) is 0 Å². The molecule has 0 saturated carbocycles. The molecule has 0 aliphatic carbocycles. The number of Topliss-reactive ketones (excluding diaryl/α,β-unsaturated/α-hetero) is 1. The quantitative estimate of drug-likeness (QED) is 0.0485. The monoisotopic (exact) mass is 936 g/mol. The summed E-state index contributed by atoms with van der Waals surface area (Å²) in [7, 11) is -6.66. The van der Waals surface area contributed by atoms with E-state index in [4.69, 9.17) is 24.9 Å². The molecule has 4 atom stereocenters. The number of ketones is 1. The third kappa shape index (κ3) is 8.52. The third-order valence-corrected chi connectivity index (χ3v) is 18.2. The zero-order valence-corrected chi connectivity index (χ0v) is 38.9. The Bertz CT molecular complexity index is 3020. The zero-order chi connectivity index (χ0) is 45.8. The van der Waals surface area contributed by atoms with Gasteiger partial charge < -0.3 is 39.2 Å². The lowest BCUT2D eigenvalue weighted by molar-refractivity contribution is 0.0700. The number of para-hydroxylation sites is 4. The number of hydrogen-bond donors (Lipinski definition) is 0. The molecule has 11 rings (SSSR count). The van der Waals surface area contributed by atoms with Gasteiger partial charge in [-0.2, -0.15) is 0 Å². The van der Waals surface area contributed by atoms with Gasteiger partial charge >= 0.3 is 0 Å². The van der Waals surface area contributed by atoms with E-state index in [1.54, 1.807) is 24.3 Å². The summed E-state index contributed by atoms with van der Waals surface area (Å²) in [4.78, 5) is 15.6. The third-order valence-electron chi connectivity index (χ3n) is 12.3. The van der Waals surface area contributed by atoms with E-state index < -0.39 is 26.3 Å². The second-order valence-electron chi connectivity index (χ2n) is 16.3. The molecule has 4 aliphatic rings. The first-order chi connectivity index (χ1) is 32.9. The van der Waals surface area contributed by atoms with Gasteiger partial charge in [0.1, 0.15) is 48.0 Å². The fourth-order valence-corrected chi connectivity index (χ4v) is 15.4. The number of unbranched alkanes of at least 4 members (excludes halogenated alkanes) is 1. The van der Waals surface area contributed by atoms with Crippen LogP contribution in [-0.2, 0) is 9.13 Å². The van der Waals surface area contributed by atoms with E-state index in [-0.39, 0.29) is 19.2 Å². The fourth-order valence-electron chi connectivity index (χ4n) is 9.30. The van der Waals surface area contributed by atoms with Crippen molar-refractivity contribution in [3.63, 3.8) is 0 Å². The van der Waals surface area contributed by atoms with Crippen LogP contribution in [0.4, 0.5) is 0 Å². The zero-order valence-electron chi connectivity index (χ0n) is 36.2. The highest BCUT2D eigenvalue weighted by molar-refractivity contribution is 7.68. The summed E-state index contributed by atoms with van der Waals surface area (Å²) in [5.74, 6) is 3.81. The normalized spacial score (nSPS) is 20.8. The van der Waals surface area contributed by atoms with Crippen molar-refractivity contribution in [2.75, 3.05) is 26.6 Å². The Kier molecular flexibility index (Phi) is 12.7. The number of carbonyl (C=O) groups excluding carboxylic acids is 1. The van der Waals surface area contributed by atoms with Gasteiger partial charge in [0, 0.05) is 40.9 Å². The molecule has 9 nitrogen and oxygen atoms in total. The van der Waals surface area contributed by atoms with Gasteiger partial charge in [-0.05, 0) is 60.4 Å². The number of fused-ring (bicyclic) bond motifs is 8. The van der Waals surface area contributed by atoms with Crippen molar-refractivity contribution in [3.8, 4) is 62.5 Å². The minimum absolute atomic E-state index is 0.219. The summed E-state index contributed by atoms with van der Waals surface area (Å²) in [6.45, 7) is 1.77. The smallest absolute Gasteiger partial charge is 0.299 e. The molecule has 12 heteroatoms. The minimum Gasteiger partial charge on any atom is -0.730 e. The van der Waals surface area contributed by atoms with Gasteiger partial charge in [0.05, 0.1) is 10.6 Å². The van der Waals surface area contributed by atoms with Crippen LogP contribution < -0.4 is 29.1 Å². The Morgan fingerprint density at radius 1 is 0.537 bits per heavy atom. The van der Waals surface area contributed by atoms with Crippen molar-refractivity contribution < 1.29 is 32.4 Å². The minimum atomic E-state index is -3.54. The molecule has 0 spiro atoms. The number of nitrogens with zero attached hydrogens (tertiary/aromatic N) is 2. The number of ether oxygens (including phenoxy) is 2. The van der Waals surface area contributed by atoms with Crippen LogP contribution in [0.1, 0.15) is 45.9 Å². The standard InChI is InChI=1S/C44H38N2O6P2.C11H5OP/c47-53(41-25-11-5-17-33(41)31-15-1-9-23-39(31)51-53)43-35-19-3-7-21-37(35)49-29-45(43)27-13-14-28-46-30-50-38-22-8-4-20-36(38)44(46)54(48)42-26-12-6-18-34(42)32-16-2-10-24-40(32)52-54;1-2-13-9-8-11(12)10-6-4-3-5-7-10/h1-12,15-26,43-44H,13-14,27-30H2;3-7H/q;-2. The van der Waals surface area contributed by atoms with Crippen LogP contribution in [0.2, 0.25) is 0 Å². The maximum absolute atomic E-state index is 15.6. The molecule has 67 heavy (non-hydrogen) atoms. The van der Waals surface area contributed by atoms with Gasteiger partial charge in [0.25, 0.3) is 14.7 Å². The molecule has 0 radical (unpaired) electrons. The number of benzene rings is 7. The molecule has 0 aromatic heterocycles. The summed E-state index contributed by atoms with van der Waals surface area (Å²) < 4.78 is 57.0. The van der Waals surface area contributed by atoms with Gasteiger partial charge in [0.2, 0.25) is 5.78 Å². The highest BCUT2D eigenvalue weighted by atomic mass is 31.2. The molecule has 4 heterocycles. The van der Waals surface area contributed by atoms with Gasteiger partial charge in [-0.25, -0.2) is 0 Å². The van der Waals surface area contributed by atoms with Crippen LogP contribution >= 0.6 is 23.3 Å². The lowest BCUT2D eigenvalue weighted by Crippen LogP contribution is -2.41. The van der Waals surface area contributed by atoms with Crippen LogP contribution in [-0.4, -0.2) is 42.1 Å². The van der Waals surface area contributed by atoms with Gasteiger partial charge in [0.15, 0.2) is 0 Å². The van der Waals surface area contributed by atoms with Crippen molar-refractivity contribution in [2.24, 2.45) is 0 Å².